The van der Waals surface area contributed by atoms with E-state index in [1.54, 1.807) is 4.90 Å². The zero-order valence-electron chi connectivity index (χ0n) is 8.85. The molecular formula is C12H15NO2. The highest BCUT2D eigenvalue weighted by atomic mass is 16.6. The summed E-state index contributed by atoms with van der Waals surface area (Å²) in [5.41, 5.74) is 1.03. The van der Waals surface area contributed by atoms with Gasteiger partial charge in [-0.2, -0.15) is 0 Å². The summed E-state index contributed by atoms with van der Waals surface area (Å²) in [6.07, 6.45) is 0.887. The SMILES string of the molecule is CC1CCN1C(=O)OCc1ccccc1. The second kappa shape index (κ2) is 4.34. The van der Waals surface area contributed by atoms with Gasteiger partial charge in [0.1, 0.15) is 6.61 Å². The van der Waals surface area contributed by atoms with Crippen molar-refractivity contribution in [2.45, 2.75) is 26.0 Å². The molecule has 2 rings (SSSR count). The van der Waals surface area contributed by atoms with Gasteiger partial charge in [0.05, 0.1) is 0 Å². The number of hydrogen-bond donors (Lipinski definition) is 0. The Balaban J connectivity index is 1.81. The van der Waals surface area contributed by atoms with E-state index in [9.17, 15) is 4.79 Å². The van der Waals surface area contributed by atoms with Gasteiger partial charge in [0, 0.05) is 12.6 Å². The van der Waals surface area contributed by atoms with E-state index in [1.807, 2.05) is 37.3 Å². The Kier molecular flexibility index (Phi) is 2.90. The van der Waals surface area contributed by atoms with Gasteiger partial charge in [0.2, 0.25) is 0 Å². The lowest BCUT2D eigenvalue weighted by atomic mass is 10.1. The summed E-state index contributed by atoms with van der Waals surface area (Å²) in [5, 5.41) is 0. The fourth-order valence-corrected chi connectivity index (χ4v) is 1.59. The first kappa shape index (κ1) is 10.0. The molecule has 1 unspecified atom stereocenters. The summed E-state index contributed by atoms with van der Waals surface area (Å²) in [4.78, 5) is 13.3. The fourth-order valence-electron chi connectivity index (χ4n) is 1.59. The molecule has 0 bridgehead atoms. The first-order valence-corrected chi connectivity index (χ1v) is 5.24. The van der Waals surface area contributed by atoms with Crippen LogP contribution in [0.25, 0.3) is 0 Å². The third-order valence-corrected chi connectivity index (χ3v) is 2.76. The molecule has 0 aromatic heterocycles. The minimum Gasteiger partial charge on any atom is -0.445 e. The van der Waals surface area contributed by atoms with E-state index in [-0.39, 0.29) is 6.09 Å². The van der Waals surface area contributed by atoms with Crippen LogP contribution in [-0.4, -0.2) is 23.6 Å². The minimum atomic E-state index is -0.197. The fraction of sp³-hybridized carbons (Fsp3) is 0.417. The molecule has 80 valence electrons. The van der Waals surface area contributed by atoms with Crippen molar-refractivity contribution in [3.8, 4) is 0 Å². The van der Waals surface area contributed by atoms with Gasteiger partial charge in [-0.1, -0.05) is 30.3 Å². The summed E-state index contributed by atoms with van der Waals surface area (Å²) in [6, 6.07) is 10.1. The zero-order valence-corrected chi connectivity index (χ0v) is 8.85. The Morgan fingerprint density at radius 3 is 2.73 bits per heavy atom. The molecule has 1 heterocycles. The number of likely N-dealkylation sites (tertiary alicyclic amines) is 1. The van der Waals surface area contributed by atoms with Crippen LogP contribution in [0.2, 0.25) is 0 Å². The van der Waals surface area contributed by atoms with Crippen LogP contribution in [0.15, 0.2) is 30.3 Å². The lowest BCUT2D eigenvalue weighted by molar-refractivity contribution is 0.0497. The standard InChI is InChI=1S/C12H15NO2/c1-10-7-8-13(10)12(14)15-9-11-5-3-2-4-6-11/h2-6,10H,7-9H2,1H3. The Hall–Kier alpha value is -1.51. The number of carbonyl (C=O) groups is 1. The van der Waals surface area contributed by atoms with E-state index in [0.29, 0.717) is 12.6 Å². The quantitative estimate of drug-likeness (QED) is 0.742. The second-order valence-electron chi connectivity index (χ2n) is 3.87. The van der Waals surface area contributed by atoms with E-state index >= 15 is 0 Å². The molecule has 0 radical (unpaired) electrons. The molecular weight excluding hydrogens is 190 g/mol. The Bertz CT molecular complexity index is 337. The molecule has 3 nitrogen and oxygen atoms in total. The van der Waals surface area contributed by atoms with Crippen LogP contribution >= 0.6 is 0 Å². The van der Waals surface area contributed by atoms with Crippen molar-refractivity contribution in [3.63, 3.8) is 0 Å². The highest BCUT2D eigenvalue weighted by Gasteiger charge is 2.29. The van der Waals surface area contributed by atoms with Crippen molar-refractivity contribution in [3.05, 3.63) is 35.9 Å². The monoisotopic (exact) mass is 205 g/mol. The first-order valence-electron chi connectivity index (χ1n) is 5.24. The van der Waals surface area contributed by atoms with E-state index in [0.717, 1.165) is 18.5 Å². The minimum absolute atomic E-state index is 0.197. The molecule has 1 amide bonds. The molecule has 0 aliphatic carbocycles. The Labute approximate surface area is 89.7 Å². The molecule has 1 fully saturated rings. The van der Waals surface area contributed by atoms with Crippen LogP contribution in [0, 0.1) is 0 Å². The van der Waals surface area contributed by atoms with Crippen molar-refractivity contribution >= 4 is 6.09 Å². The Morgan fingerprint density at radius 1 is 1.47 bits per heavy atom. The van der Waals surface area contributed by atoms with Crippen molar-refractivity contribution in [2.75, 3.05) is 6.54 Å². The highest BCUT2D eigenvalue weighted by molar-refractivity contribution is 5.69. The molecule has 1 atom stereocenters. The molecule has 0 saturated carbocycles. The van der Waals surface area contributed by atoms with Crippen LogP contribution < -0.4 is 0 Å². The van der Waals surface area contributed by atoms with Crippen molar-refractivity contribution in [2.24, 2.45) is 0 Å². The van der Waals surface area contributed by atoms with Gasteiger partial charge in [-0.3, -0.25) is 0 Å². The zero-order chi connectivity index (χ0) is 10.7. The molecule has 1 saturated heterocycles. The summed E-state index contributed by atoms with van der Waals surface area (Å²) in [6.45, 7) is 3.23. The molecule has 1 aromatic carbocycles. The van der Waals surface area contributed by atoms with Crippen LogP contribution in [0.5, 0.6) is 0 Å². The maximum absolute atomic E-state index is 11.5. The maximum Gasteiger partial charge on any atom is 0.410 e. The average Bonchev–Trinajstić information content (AvgIpc) is 2.26. The van der Waals surface area contributed by atoms with E-state index < -0.39 is 0 Å². The van der Waals surface area contributed by atoms with Gasteiger partial charge in [-0.05, 0) is 18.9 Å². The van der Waals surface area contributed by atoms with Crippen molar-refractivity contribution in [1.29, 1.82) is 0 Å². The number of ether oxygens (including phenoxy) is 1. The number of hydrogen-bond acceptors (Lipinski definition) is 2. The van der Waals surface area contributed by atoms with Crippen LogP contribution in [0.1, 0.15) is 18.9 Å². The molecule has 15 heavy (non-hydrogen) atoms. The van der Waals surface area contributed by atoms with Gasteiger partial charge < -0.3 is 9.64 Å². The predicted octanol–water partition coefficient (Wildman–Crippen LogP) is 2.42. The summed E-state index contributed by atoms with van der Waals surface area (Å²) in [7, 11) is 0. The van der Waals surface area contributed by atoms with E-state index in [2.05, 4.69) is 0 Å². The first-order chi connectivity index (χ1) is 7.27. The third kappa shape index (κ3) is 2.29. The number of carbonyl (C=O) groups excluding carboxylic acids is 1. The lowest BCUT2D eigenvalue weighted by Crippen LogP contribution is -2.49. The average molecular weight is 205 g/mol. The highest BCUT2D eigenvalue weighted by Crippen LogP contribution is 2.17. The second-order valence-corrected chi connectivity index (χ2v) is 3.87. The van der Waals surface area contributed by atoms with Gasteiger partial charge >= 0.3 is 6.09 Å². The van der Waals surface area contributed by atoms with Gasteiger partial charge in [-0.15, -0.1) is 0 Å². The van der Waals surface area contributed by atoms with Gasteiger partial charge in [-0.25, -0.2) is 4.79 Å². The van der Waals surface area contributed by atoms with Crippen LogP contribution in [0.4, 0.5) is 4.79 Å². The van der Waals surface area contributed by atoms with Gasteiger partial charge in [0.25, 0.3) is 0 Å². The Morgan fingerprint density at radius 2 is 2.20 bits per heavy atom. The summed E-state index contributed by atoms with van der Waals surface area (Å²) >= 11 is 0. The van der Waals surface area contributed by atoms with Crippen molar-refractivity contribution in [1.82, 2.24) is 4.90 Å². The number of amides is 1. The van der Waals surface area contributed by atoms with Crippen LogP contribution in [-0.2, 0) is 11.3 Å². The number of nitrogens with zero attached hydrogens (tertiary/aromatic N) is 1. The maximum atomic E-state index is 11.5. The predicted molar refractivity (Wildman–Crippen MR) is 57.4 cm³/mol. The number of benzene rings is 1. The normalized spacial score (nSPS) is 19.5. The third-order valence-electron chi connectivity index (χ3n) is 2.76. The van der Waals surface area contributed by atoms with E-state index in [1.165, 1.54) is 0 Å². The summed E-state index contributed by atoms with van der Waals surface area (Å²) in [5.74, 6) is 0. The largest absolute Gasteiger partial charge is 0.445 e. The molecule has 1 aliphatic heterocycles. The molecule has 1 aromatic rings. The van der Waals surface area contributed by atoms with Crippen molar-refractivity contribution < 1.29 is 9.53 Å². The smallest absolute Gasteiger partial charge is 0.410 e. The van der Waals surface area contributed by atoms with E-state index in [4.69, 9.17) is 4.74 Å². The molecule has 3 heteroatoms. The molecule has 0 N–H and O–H groups in total. The number of rotatable bonds is 2. The van der Waals surface area contributed by atoms with Gasteiger partial charge in [0.15, 0.2) is 0 Å². The molecule has 1 aliphatic rings. The lowest BCUT2D eigenvalue weighted by Gasteiger charge is -2.37. The van der Waals surface area contributed by atoms with Crippen LogP contribution in [0.3, 0.4) is 0 Å². The summed E-state index contributed by atoms with van der Waals surface area (Å²) < 4.78 is 5.19. The molecule has 0 spiro atoms. The topological polar surface area (TPSA) is 29.5 Å².